The van der Waals surface area contributed by atoms with Gasteiger partial charge in [-0.15, -0.1) is 5.10 Å². The standard InChI is InChI=1S/C24H21N7O2/c1-13-5-9-21(29-28-13)26-17-6-8-20-19(11-17)25-12-31(20)22-10-7-18(15(3)32)24(27-22)23-14(2)30-33-16(23)4/h5-12H,1-4H3,(H,26,29). The van der Waals surface area contributed by atoms with E-state index in [0.717, 1.165) is 28.0 Å². The van der Waals surface area contributed by atoms with Crippen LogP contribution in [-0.2, 0) is 0 Å². The van der Waals surface area contributed by atoms with E-state index in [0.29, 0.717) is 34.3 Å². The molecule has 1 N–H and O–H groups in total. The van der Waals surface area contributed by atoms with E-state index in [4.69, 9.17) is 9.51 Å². The Bertz CT molecular complexity index is 1480. The van der Waals surface area contributed by atoms with Crippen LogP contribution in [0.25, 0.3) is 28.1 Å². The molecule has 0 aliphatic rings. The number of hydrogen-bond donors (Lipinski definition) is 1. The summed E-state index contributed by atoms with van der Waals surface area (Å²) in [5, 5.41) is 15.5. The quantitative estimate of drug-likeness (QED) is 0.391. The zero-order chi connectivity index (χ0) is 23.1. The second-order valence-electron chi connectivity index (χ2n) is 7.82. The molecule has 0 amide bonds. The van der Waals surface area contributed by atoms with Gasteiger partial charge in [0.05, 0.1) is 33.7 Å². The molecular weight excluding hydrogens is 418 g/mol. The number of carbonyl (C=O) groups excluding carboxylic acids is 1. The summed E-state index contributed by atoms with van der Waals surface area (Å²) in [6.45, 7) is 7.07. The topological polar surface area (TPSA) is 112 Å². The van der Waals surface area contributed by atoms with Crippen molar-refractivity contribution in [2.24, 2.45) is 0 Å². The highest BCUT2D eigenvalue weighted by Gasteiger charge is 2.20. The predicted octanol–water partition coefficient (Wildman–Crippen LogP) is 4.74. The van der Waals surface area contributed by atoms with Gasteiger partial charge in [0, 0.05) is 11.3 Å². The summed E-state index contributed by atoms with van der Waals surface area (Å²) in [5.74, 6) is 1.84. The van der Waals surface area contributed by atoms with E-state index in [2.05, 4.69) is 25.7 Å². The van der Waals surface area contributed by atoms with Gasteiger partial charge >= 0.3 is 0 Å². The van der Waals surface area contributed by atoms with Gasteiger partial charge in [0.2, 0.25) is 0 Å². The SMILES string of the molecule is CC(=O)c1ccc(-n2cnc3cc(Nc4ccc(C)nn4)ccc32)nc1-c1c(C)noc1C. The van der Waals surface area contributed by atoms with E-state index in [1.165, 1.54) is 6.92 Å². The molecule has 0 aliphatic carbocycles. The number of ketones is 1. The number of aryl methyl sites for hydroxylation is 3. The average molecular weight is 439 g/mol. The molecule has 0 radical (unpaired) electrons. The van der Waals surface area contributed by atoms with Crippen molar-refractivity contribution in [1.82, 2.24) is 29.9 Å². The van der Waals surface area contributed by atoms with Gasteiger partial charge in [-0.3, -0.25) is 9.36 Å². The molecule has 33 heavy (non-hydrogen) atoms. The molecule has 9 nitrogen and oxygen atoms in total. The zero-order valence-corrected chi connectivity index (χ0v) is 18.6. The molecule has 0 aliphatic heterocycles. The Kier molecular flexibility index (Phi) is 4.93. The molecule has 0 spiro atoms. The highest BCUT2D eigenvalue weighted by atomic mass is 16.5. The molecule has 0 saturated heterocycles. The highest BCUT2D eigenvalue weighted by Crippen LogP contribution is 2.30. The van der Waals surface area contributed by atoms with Crippen molar-refractivity contribution in [3.8, 4) is 17.1 Å². The predicted molar refractivity (Wildman–Crippen MR) is 124 cm³/mol. The van der Waals surface area contributed by atoms with Crippen LogP contribution in [-0.4, -0.2) is 35.7 Å². The number of benzene rings is 1. The first-order valence-electron chi connectivity index (χ1n) is 10.4. The normalized spacial score (nSPS) is 11.2. The highest BCUT2D eigenvalue weighted by molar-refractivity contribution is 6.00. The molecule has 5 aromatic rings. The monoisotopic (exact) mass is 439 g/mol. The lowest BCUT2D eigenvalue weighted by atomic mass is 10.0. The Morgan fingerprint density at radius 3 is 2.58 bits per heavy atom. The van der Waals surface area contributed by atoms with E-state index in [9.17, 15) is 4.79 Å². The second-order valence-corrected chi connectivity index (χ2v) is 7.82. The maximum Gasteiger partial charge on any atom is 0.161 e. The van der Waals surface area contributed by atoms with Gasteiger partial charge in [-0.2, -0.15) is 5.10 Å². The van der Waals surface area contributed by atoms with Crippen LogP contribution in [0.3, 0.4) is 0 Å². The van der Waals surface area contributed by atoms with Crippen LogP contribution in [0, 0.1) is 20.8 Å². The molecule has 0 unspecified atom stereocenters. The first kappa shape index (κ1) is 20.5. The third-order valence-electron chi connectivity index (χ3n) is 5.39. The van der Waals surface area contributed by atoms with Crippen LogP contribution in [0.5, 0.6) is 0 Å². The van der Waals surface area contributed by atoms with Gasteiger partial charge in [0.15, 0.2) is 11.6 Å². The number of Topliss-reactive ketones (excluding diaryl/α,β-unsaturated/α-hetero) is 1. The molecule has 0 bridgehead atoms. The molecule has 164 valence electrons. The van der Waals surface area contributed by atoms with Gasteiger partial charge in [0.25, 0.3) is 0 Å². The van der Waals surface area contributed by atoms with Crippen LogP contribution < -0.4 is 5.32 Å². The van der Waals surface area contributed by atoms with Crippen molar-refractivity contribution in [3.05, 3.63) is 71.5 Å². The summed E-state index contributed by atoms with van der Waals surface area (Å²) in [6, 6.07) is 13.2. The third kappa shape index (κ3) is 3.73. The van der Waals surface area contributed by atoms with Crippen molar-refractivity contribution in [2.75, 3.05) is 5.32 Å². The molecule has 0 saturated carbocycles. The fourth-order valence-corrected chi connectivity index (χ4v) is 3.77. The zero-order valence-electron chi connectivity index (χ0n) is 18.6. The molecule has 4 heterocycles. The van der Waals surface area contributed by atoms with Gasteiger partial charge < -0.3 is 9.84 Å². The van der Waals surface area contributed by atoms with E-state index >= 15 is 0 Å². The largest absolute Gasteiger partial charge is 0.361 e. The van der Waals surface area contributed by atoms with Gasteiger partial charge in [-0.05, 0) is 70.2 Å². The lowest BCUT2D eigenvalue weighted by molar-refractivity contribution is 0.101. The number of hydrogen-bond acceptors (Lipinski definition) is 8. The fraction of sp³-hybridized carbons (Fsp3) is 0.167. The molecule has 1 aromatic carbocycles. The average Bonchev–Trinajstić information content (AvgIpc) is 3.37. The van der Waals surface area contributed by atoms with Gasteiger partial charge in [-0.25, -0.2) is 9.97 Å². The number of imidazole rings is 1. The summed E-state index contributed by atoms with van der Waals surface area (Å²) in [5.41, 5.74) is 5.86. The van der Waals surface area contributed by atoms with Crippen LogP contribution in [0.15, 0.2) is 53.3 Å². The minimum atomic E-state index is -0.0746. The minimum Gasteiger partial charge on any atom is -0.361 e. The fourth-order valence-electron chi connectivity index (χ4n) is 3.77. The number of nitrogens with zero attached hydrogens (tertiary/aromatic N) is 6. The number of carbonyl (C=O) groups is 1. The second kappa shape index (κ2) is 7.94. The summed E-state index contributed by atoms with van der Waals surface area (Å²) in [6.07, 6.45) is 1.72. The molecule has 9 heteroatoms. The van der Waals surface area contributed by atoms with Crippen LogP contribution in [0.4, 0.5) is 11.5 Å². The molecule has 0 fully saturated rings. The Balaban J connectivity index is 1.56. The van der Waals surface area contributed by atoms with Crippen molar-refractivity contribution in [3.63, 3.8) is 0 Å². The van der Waals surface area contributed by atoms with Crippen LogP contribution in [0.2, 0.25) is 0 Å². The first-order chi connectivity index (χ1) is 15.9. The van der Waals surface area contributed by atoms with Crippen LogP contribution >= 0.6 is 0 Å². The van der Waals surface area contributed by atoms with E-state index < -0.39 is 0 Å². The Morgan fingerprint density at radius 1 is 1.03 bits per heavy atom. The lowest BCUT2D eigenvalue weighted by Gasteiger charge is -2.10. The molecular formula is C24H21N7O2. The van der Waals surface area contributed by atoms with Crippen molar-refractivity contribution >= 4 is 28.3 Å². The molecule has 5 rings (SSSR count). The van der Waals surface area contributed by atoms with Gasteiger partial charge in [-0.1, -0.05) is 5.16 Å². The Hall–Kier alpha value is -4.40. The number of fused-ring (bicyclic) bond motifs is 1. The lowest BCUT2D eigenvalue weighted by Crippen LogP contribution is -2.04. The summed E-state index contributed by atoms with van der Waals surface area (Å²) in [7, 11) is 0. The van der Waals surface area contributed by atoms with E-state index in [-0.39, 0.29) is 5.78 Å². The van der Waals surface area contributed by atoms with Crippen molar-refractivity contribution < 1.29 is 9.32 Å². The summed E-state index contributed by atoms with van der Waals surface area (Å²) < 4.78 is 7.20. The Morgan fingerprint density at radius 2 is 1.88 bits per heavy atom. The number of pyridine rings is 1. The van der Waals surface area contributed by atoms with E-state index in [1.807, 2.05) is 61.7 Å². The maximum atomic E-state index is 12.3. The maximum absolute atomic E-state index is 12.3. The first-order valence-corrected chi connectivity index (χ1v) is 10.4. The summed E-state index contributed by atoms with van der Waals surface area (Å²) >= 11 is 0. The number of rotatable bonds is 5. The van der Waals surface area contributed by atoms with Gasteiger partial charge in [0.1, 0.15) is 17.9 Å². The van der Waals surface area contributed by atoms with Crippen molar-refractivity contribution in [1.29, 1.82) is 0 Å². The van der Waals surface area contributed by atoms with E-state index in [1.54, 1.807) is 12.4 Å². The molecule has 4 aromatic heterocycles. The molecule has 0 atom stereocenters. The van der Waals surface area contributed by atoms with Crippen LogP contribution in [0.1, 0.15) is 34.4 Å². The number of aromatic nitrogens is 6. The summed E-state index contributed by atoms with van der Waals surface area (Å²) in [4.78, 5) is 21.6. The number of anilines is 2. The minimum absolute atomic E-state index is 0.0746. The number of nitrogens with one attached hydrogen (secondary N) is 1. The van der Waals surface area contributed by atoms with Crippen molar-refractivity contribution in [2.45, 2.75) is 27.7 Å². The Labute approximate surface area is 189 Å². The smallest absolute Gasteiger partial charge is 0.161 e. The third-order valence-corrected chi connectivity index (χ3v) is 5.39.